The normalized spacial score (nSPS) is 11.9. The summed E-state index contributed by atoms with van der Waals surface area (Å²) in [5.41, 5.74) is 10.9. The van der Waals surface area contributed by atoms with Crippen LogP contribution >= 0.6 is 0 Å². The van der Waals surface area contributed by atoms with Gasteiger partial charge in [0.2, 0.25) is 5.71 Å². The molecule has 0 unspecified atom stereocenters. The Morgan fingerprint density at radius 1 is 0.824 bits per heavy atom. The fourth-order valence-corrected chi connectivity index (χ4v) is 4.97. The maximum absolute atomic E-state index is 6.45. The summed E-state index contributed by atoms with van der Waals surface area (Å²) in [5, 5.41) is 2.11. The first-order valence-corrected chi connectivity index (χ1v) is 12.3. The molecule has 5 aromatic rings. The lowest BCUT2D eigenvalue weighted by Gasteiger charge is -2.19. The Labute approximate surface area is 201 Å². The Hall–Kier alpha value is -3.46. The van der Waals surface area contributed by atoms with Gasteiger partial charge in [0.1, 0.15) is 5.58 Å². The Morgan fingerprint density at radius 2 is 1.53 bits per heavy atom. The second-order valence-electron chi connectivity index (χ2n) is 9.80. The first-order chi connectivity index (χ1) is 16.4. The quantitative estimate of drug-likeness (QED) is 0.269. The van der Waals surface area contributed by atoms with Crippen LogP contribution in [-0.2, 0) is 6.42 Å². The molecule has 172 valence electrons. The number of pyridine rings is 2. The topological polar surface area (TPSA) is 38.9 Å². The van der Waals surface area contributed by atoms with Crippen LogP contribution in [0.1, 0.15) is 68.7 Å². The third-order valence-corrected chi connectivity index (χ3v) is 6.87. The van der Waals surface area contributed by atoms with Gasteiger partial charge in [0.15, 0.2) is 0 Å². The van der Waals surface area contributed by atoms with E-state index in [2.05, 4.69) is 96.1 Å². The van der Waals surface area contributed by atoms with Crippen LogP contribution in [0.4, 0.5) is 0 Å². The summed E-state index contributed by atoms with van der Waals surface area (Å²) in [6, 6.07) is 19.4. The van der Waals surface area contributed by atoms with Crippen molar-refractivity contribution < 1.29 is 4.42 Å². The average molecular weight is 449 g/mol. The fraction of sp³-hybridized carbons (Fsp3) is 0.290. The summed E-state index contributed by atoms with van der Waals surface area (Å²) in [6.45, 7) is 13.3. The molecule has 0 saturated carbocycles. The monoisotopic (exact) mass is 448 g/mol. The Kier molecular flexibility index (Phi) is 5.73. The molecule has 0 aliphatic carbocycles. The average Bonchev–Trinajstić information content (AvgIpc) is 3.21. The minimum atomic E-state index is 0.411. The number of rotatable bonds is 5. The summed E-state index contributed by atoms with van der Waals surface area (Å²) in [5.74, 6) is 0.822. The van der Waals surface area contributed by atoms with Crippen molar-refractivity contribution >= 4 is 22.1 Å². The van der Waals surface area contributed by atoms with Crippen molar-refractivity contribution in [2.45, 2.75) is 59.8 Å². The van der Waals surface area contributed by atoms with Crippen molar-refractivity contribution in [3.05, 3.63) is 83.0 Å². The van der Waals surface area contributed by atoms with Crippen LogP contribution in [0.5, 0.6) is 0 Å². The number of hydrogen-bond donors (Lipinski definition) is 0. The van der Waals surface area contributed by atoms with Crippen LogP contribution in [0.2, 0.25) is 0 Å². The van der Waals surface area contributed by atoms with Crippen molar-refractivity contribution in [3.63, 3.8) is 0 Å². The van der Waals surface area contributed by atoms with Gasteiger partial charge in [0, 0.05) is 28.1 Å². The van der Waals surface area contributed by atoms with Gasteiger partial charge in [-0.2, -0.15) is 0 Å². The molecule has 3 heterocycles. The largest absolute Gasteiger partial charge is 0.437 e. The minimum absolute atomic E-state index is 0.411. The highest BCUT2D eigenvalue weighted by molar-refractivity contribution is 6.08. The van der Waals surface area contributed by atoms with Crippen molar-refractivity contribution in [3.8, 4) is 22.5 Å². The van der Waals surface area contributed by atoms with Crippen LogP contribution in [0.3, 0.4) is 0 Å². The van der Waals surface area contributed by atoms with Crippen molar-refractivity contribution in [1.29, 1.82) is 0 Å². The number of para-hydroxylation sites is 1. The van der Waals surface area contributed by atoms with Gasteiger partial charge in [-0.05, 0) is 71.7 Å². The maximum Gasteiger partial charge on any atom is 0.227 e. The van der Waals surface area contributed by atoms with E-state index in [1.165, 1.54) is 27.8 Å². The Morgan fingerprint density at radius 3 is 2.18 bits per heavy atom. The number of benzene rings is 2. The molecule has 0 amide bonds. The molecule has 0 aliphatic heterocycles. The van der Waals surface area contributed by atoms with E-state index in [4.69, 9.17) is 14.4 Å². The number of fused-ring (bicyclic) bond motifs is 3. The number of aromatic nitrogens is 2. The maximum atomic E-state index is 6.45. The summed E-state index contributed by atoms with van der Waals surface area (Å²) in [6.07, 6.45) is 2.97. The van der Waals surface area contributed by atoms with E-state index in [9.17, 15) is 0 Å². The van der Waals surface area contributed by atoms with E-state index in [0.29, 0.717) is 17.5 Å². The van der Waals surface area contributed by atoms with Gasteiger partial charge < -0.3 is 4.42 Å². The van der Waals surface area contributed by atoms with E-state index in [0.717, 1.165) is 39.7 Å². The second-order valence-corrected chi connectivity index (χ2v) is 9.80. The summed E-state index contributed by atoms with van der Waals surface area (Å²) >= 11 is 0. The van der Waals surface area contributed by atoms with Crippen molar-refractivity contribution in [1.82, 2.24) is 9.97 Å². The van der Waals surface area contributed by atoms with Crippen LogP contribution in [-0.4, -0.2) is 9.97 Å². The molecule has 3 heteroatoms. The first kappa shape index (κ1) is 22.3. The summed E-state index contributed by atoms with van der Waals surface area (Å²) < 4.78 is 6.45. The highest BCUT2D eigenvalue weighted by atomic mass is 16.3. The zero-order valence-corrected chi connectivity index (χ0v) is 20.9. The van der Waals surface area contributed by atoms with Gasteiger partial charge >= 0.3 is 0 Å². The highest BCUT2D eigenvalue weighted by Gasteiger charge is 2.19. The Bertz CT molecular complexity index is 1480. The number of hydrogen-bond acceptors (Lipinski definition) is 3. The van der Waals surface area contributed by atoms with E-state index in [-0.39, 0.29) is 0 Å². The molecule has 0 atom stereocenters. The fourth-order valence-electron chi connectivity index (χ4n) is 4.97. The second kappa shape index (κ2) is 8.72. The first-order valence-electron chi connectivity index (χ1n) is 12.3. The number of furan rings is 1. The van der Waals surface area contributed by atoms with E-state index in [1.807, 2.05) is 6.20 Å². The van der Waals surface area contributed by atoms with Gasteiger partial charge in [-0.3, -0.25) is 4.98 Å². The minimum Gasteiger partial charge on any atom is -0.437 e. The molecule has 2 aromatic carbocycles. The Balaban J connectivity index is 1.72. The molecule has 3 nitrogen and oxygen atoms in total. The third kappa shape index (κ3) is 3.69. The smallest absolute Gasteiger partial charge is 0.227 e. The molecular formula is C31H32N2O. The van der Waals surface area contributed by atoms with Crippen LogP contribution in [0.15, 0.2) is 65.2 Å². The van der Waals surface area contributed by atoms with Crippen LogP contribution in [0, 0.1) is 6.92 Å². The van der Waals surface area contributed by atoms with Gasteiger partial charge in [0.25, 0.3) is 0 Å². The summed E-state index contributed by atoms with van der Waals surface area (Å²) in [7, 11) is 0. The lowest BCUT2D eigenvalue weighted by atomic mass is 9.87. The van der Waals surface area contributed by atoms with Crippen molar-refractivity contribution in [2.24, 2.45) is 0 Å². The molecule has 0 saturated heterocycles. The zero-order chi connectivity index (χ0) is 24.0. The van der Waals surface area contributed by atoms with Gasteiger partial charge in [-0.15, -0.1) is 0 Å². The van der Waals surface area contributed by atoms with Crippen molar-refractivity contribution in [2.75, 3.05) is 0 Å². The van der Waals surface area contributed by atoms with Crippen LogP contribution < -0.4 is 0 Å². The number of aryl methyl sites for hydroxylation is 2. The lowest BCUT2D eigenvalue weighted by Crippen LogP contribution is -2.00. The highest BCUT2D eigenvalue weighted by Crippen LogP contribution is 2.39. The molecule has 0 radical (unpaired) electrons. The van der Waals surface area contributed by atoms with Gasteiger partial charge in [-0.1, -0.05) is 65.0 Å². The standard InChI is InChI=1S/C31H32N2O/c1-7-21-17-32-28(16-20(21)6)26-13-9-12-24-25-14-15-27(33-31(25)34-30(24)26)29-22(18(2)3)10-8-11-23(29)19(4)5/h8-19H,7H2,1-6H3. The third-order valence-electron chi connectivity index (χ3n) is 6.87. The molecule has 0 spiro atoms. The van der Waals surface area contributed by atoms with E-state index >= 15 is 0 Å². The molecule has 34 heavy (non-hydrogen) atoms. The molecule has 5 rings (SSSR count). The van der Waals surface area contributed by atoms with E-state index < -0.39 is 0 Å². The molecule has 0 bridgehead atoms. The molecule has 3 aromatic heterocycles. The van der Waals surface area contributed by atoms with Gasteiger partial charge in [0.05, 0.1) is 11.4 Å². The molecule has 0 aliphatic rings. The molecule has 0 fully saturated rings. The van der Waals surface area contributed by atoms with E-state index in [1.54, 1.807) is 0 Å². The SMILES string of the molecule is CCc1cnc(-c2cccc3c2oc2nc(-c4c(C(C)C)cccc4C(C)C)ccc23)cc1C. The lowest BCUT2D eigenvalue weighted by molar-refractivity contribution is 0.655. The predicted molar refractivity (Wildman–Crippen MR) is 142 cm³/mol. The van der Waals surface area contributed by atoms with Crippen LogP contribution in [0.25, 0.3) is 44.6 Å². The number of nitrogens with zero attached hydrogens (tertiary/aromatic N) is 2. The predicted octanol–water partition coefficient (Wildman–Crippen LogP) is 8.83. The molecular weight excluding hydrogens is 416 g/mol. The molecule has 0 N–H and O–H groups in total. The summed E-state index contributed by atoms with van der Waals surface area (Å²) in [4.78, 5) is 9.81. The van der Waals surface area contributed by atoms with Gasteiger partial charge in [-0.25, -0.2) is 4.98 Å². The zero-order valence-electron chi connectivity index (χ0n) is 20.9.